The lowest BCUT2D eigenvalue weighted by Gasteiger charge is -2.33. The van der Waals surface area contributed by atoms with E-state index in [-0.39, 0.29) is 5.91 Å². The third-order valence-corrected chi connectivity index (χ3v) is 5.86. The number of amides is 1. The number of nitrogens with zero attached hydrogens (tertiary/aromatic N) is 3. The number of carbonyl (C=O) groups is 1. The maximum atomic E-state index is 13.0. The van der Waals surface area contributed by atoms with Gasteiger partial charge in [-0.15, -0.1) is 0 Å². The van der Waals surface area contributed by atoms with Crippen LogP contribution in [-0.2, 0) is 13.0 Å². The molecule has 0 saturated carbocycles. The van der Waals surface area contributed by atoms with Crippen LogP contribution >= 0.6 is 0 Å². The van der Waals surface area contributed by atoms with Crippen molar-refractivity contribution in [2.45, 2.75) is 39.7 Å². The Morgan fingerprint density at radius 2 is 1.93 bits per heavy atom. The van der Waals surface area contributed by atoms with Crippen molar-refractivity contribution in [3.63, 3.8) is 0 Å². The van der Waals surface area contributed by atoms with Gasteiger partial charge in [-0.25, -0.2) is 4.98 Å². The van der Waals surface area contributed by atoms with Gasteiger partial charge < -0.3 is 9.47 Å². The van der Waals surface area contributed by atoms with Crippen LogP contribution in [0.1, 0.15) is 45.8 Å². The van der Waals surface area contributed by atoms with Gasteiger partial charge in [-0.05, 0) is 50.3 Å². The van der Waals surface area contributed by atoms with Crippen molar-refractivity contribution in [3.05, 3.63) is 89.0 Å². The number of piperidine rings is 1. The number of aromatic nitrogens is 2. The predicted octanol–water partition coefficient (Wildman–Crippen LogP) is 4.64. The largest absolute Gasteiger partial charge is 0.338 e. The fourth-order valence-corrected chi connectivity index (χ4v) is 4.29. The van der Waals surface area contributed by atoms with Crippen molar-refractivity contribution < 1.29 is 4.79 Å². The van der Waals surface area contributed by atoms with E-state index in [1.807, 2.05) is 48.4 Å². The van der Waals surface area contributed by atoms with Gasteiger partial charge in [-0.2, -0.15) is 0 Å². The summed E-state index contributed by atoms with van der Waals surface area (Å²) in [5.74, 6) is 1.73. The normalized spacial score (nSPS) is 16.8. The Kier molecular flexibility index (Phi) is 5.79. The van der Waals surface area contributed by atoms with Gasteiger partial charge in [-0.1, -0.05) is 48.0 Å². The van der Waals surface area contributed by atoms with Crippen LogP contribution in [0.2, 0.25) is 0 Å². The number of carbonyl (C=O) groups excluding carboxylic acids is 1. The molecule has 1 fully saturated rings. The van der Waals surface area contributed by atoms with E-state index in [1.54, 1.807) is 0 Å². The number of imidazole rings is 1. The van der Waals surface area contributed by atoms with Crippen LogP contribution in [0.25, 0.3) is 0 Å². The van der Waals surface area contributed by atoms with Crippen molar-refractivity contribution in [2.75, 3.05) is 13.1 Å². The zero-order valence-electron chi connectivity index (χ0n) is 17.3. The highest BCUT2D eigenvalue weighted by Gasteiger charge is 2.26. The van der Waals surface area contributed by atoms with Crippen molar-refractivity contribution in [1.82, 2.24) is 14.5 Å². The van der Waals surface area contributed by atoms with E-state index in [9.17, 15) is 4.79 Å². The molecule has 1 atom stereocenters. The van der Waals surface area contributed by atoms with Crippen molar-refractivity contribution in [2.24, 2.45) is 5.92 Å². The smallest absolute Gasteiger partial charge is 0.253 e. The number of rotatable bonds is 5. The Morgan fingerprint density at radius 3 is 2.72 bits per heavy atom. The minimum absolute atomic E-state index is 0.155. The average molecular weight is 388 g/mol. The first kappa shape index (κ1) is 19.4. The SMILES string of the molecule is Cc1cccc(C(=O)N2CCCC(Cc3ncc(C)n3Cc3ccccc3)C2)c1. The Labute approximate surface area is 173 Å². The van der Waals surface area contributed by atoms with Gasteiger partial charge in [0.05, 0.1) is 0 Å². The summed E-state index contributed by atoms with van der Waals surface area (Å²) in [6.45, 7) is 6.66. The van der Waals surface area contributed by atoms with Gasteiger partial charge in [0.25, 0.3) is 5.91 Å². The summed E-state index contributed by atoms with van der Waals surface area (Å²) >= 11 is 0. The number of hydrogen-bond donors (Lipinski definition) is 0. The van der Waals surface area contributed by atoms with Crippen LogP contribution in [0, 0.1) is 19.8 Å². The molecule has 0 radical (unpaired) electrons. The van der Waals surface area contributed by atoms with Gasteiger partial charge in [0, 0.05) is 43.5 Å². The zero-order chi connectivity index (χ0) is 20.2. The van der Waals surface area contributed by atoms with Crippen LogP contribution < -0.4 is 0 Å². The van der Waals surface area contributed by atoms with E-state index in [4.69, 9.17) is 4.98 Å². The fraction of sp³-hybridized carbons (Fsp3) is 0.360. The molecule has 2 aromatic carbocycles. The van der Waals surface area contributed by atoms with E-state index >= 15 is 0 Å². The predicted molar refractivity (Wildman–Crippen MR) is 116 cm³/mol. The Morgan fingerprint density at radius 1 is 1.10 bits per heavy atom. The molecule has 1 unspecified atom stereocenters. The highest BCUT2D eigenvalue weighted by Crippen LogP contribution is 2.23. The molecule has 1 aromatic heterocycles. The highest BCUT2D eigenvalue weighted by atomic mass is 16.2. The van der Waals surface area contributed by atoms with Crippen LogP contribution in [0.15, 0.2) is 60.8 Å². The topological polar surface area (TPSA) is 38.1 Å². The molecule has 4 nitrogen and oxygen atoms in total. The number of aryl methyl sites for hydroxylation is 2. The zero-order valence-corrected chi connectivity index (χ0v) is 17.3. The summed E-state index contributed by atoms with van der Waals surface area (Å²) in [7, 11) is 0. The maximum Gasteiger partial charge on any atom is 0.253 e. The second kappa shape index (κ2) is 8.64. The van der Waals surface area contributed by atoms with Gasteiger partial charge in [0.2, 0.25) is 0 Å². The Hall–Kier alpha value is -2.88. The summed E-state index contributed by atoms with van der Waals surface area (Å²) < 4.78 is 2.32. The molecule has 1 saturated heterocycles. The summed E-state index contributed by atoms with van der Waals surface area (Å²) in [4.78, 5) is 19.7. The molecule has 1 aliphatic rings. The molecule has 150 valence electrons. The number of hydrogen-bond acceptors (Lipinski definition) is 2. The standard InChI is InChI=1S/C25H29N3O/c1-19-8-6-12-23(14-19)25(29)27-13-7-11-22(17-27)15-24-26-16-20(2)28(24)18-21-9-4-3-5-10-21/h3-6,8-10,12,14,16,22H,7,11,13,15,17-18H2,1-2H3. The third-order valence-electron chi connectivity index (χ3n) is 5.86. The first-order valence-corrected chi connectivity index (χ1v) is 10.5. The van der Waals surface area contributed by atoms with Gasteiger partial charge >= 0.3 is 0 Å². The molecule has 1 aliphatic heterocycles. The van der Waals surface area contributed by atoms with E-state index in [2.05, 4.69) is 35.8 Å². The summed E-state index contributed by atoms with van der Waals surface area (Å²) in [6, 6.07) is 18.4. The molecule has 4 rings (SSSR count). The molecule has 0 N–H and O–H groups in total. The second-order valence-corrected chi connectivity index (χ2v) is 8.22. The molecular weight excluding hydrogens is 358 g/mol. The number of benzene rings is 2. The molecule has 2 heterocycles. The van der Waals surface area contributed by atoms with E-state index in [0.717, 1.165) is 55.8 Å². The average Bonchev–Trinajstić information content (AvgIpc) is 3.08. The maximum absolute atomic E-state index is 13.0. The van der Waals surface area contributed by atoms with Crippen molar-refractivity contribution >= 4 is 5.91 Å². The van der Waals surface area contributed by atoms with E-state index in [1.165, 1.54) is 11.3 Å². The lowest BCUT2D eigenvalue weighted by atomic mass is 9.93. The first-order valence-electron chi connectivity index (χ1n) is 10.5. The molecule has 0 bridgehead atoms. The van der Waals surface area contributed by atoms with Crippen LogP contribution in [-0.4, -0.2) is 33.4 Å². The minimum Gasteiger partial charge on any atom is -0.338 e. The highest BCUT2D eigenvalue weighted by molar-refractivity contribution is 5.94. The summed E-state index contributed by atoms with van der Waals surface area (Å²) in [6.07, 6.45) is 5.09. The first-order chi connectivity index (χ1) is 14.1. The fourth-order valence-electron chi connectivity index (χ4n) is 4.29. The van der Waals surface area contributed by atoms with Crippen LogP contribution in [0.5, 0.6) is 0 Å². The number of likely N-dealkylation sites (tertiary alicyclic amines) is 1. The lowest BCUT2D eigenvalue weighted by molar-refractivity contribution is 0.0671. The molecule has 4 heteroatoms. The van der Waals surface area contributed by atoms with Crippen LogP contribution in [0.4, 0.5) is 0 Å². The van der Waals surface area contributed by atoms with Crippen molar-refractivity contribution in [3.8, 4) is 0 Å². The Balaban J connectivity index is 1.45. The molecule has 29 heavy (non-hydrogen) atoms. The lowest BCUT2D eigenvalue weighted by Crippen LogP contribution is -2.40. The minimum atomic E-state index is 0.155. The Bertz CT molecular complexity index is 977. The molecule has 3 aromatic rings. The van der Waals surface area contributed by atoms with E-state index < -0.39 is 0 Å². The van der Waals surface area contributed by atoms with Crippen molar-refractivity contribution in [1.29, 1.82) is 0 Å². The molecule has 1 amide bonds. The molecule has 0 spiro atoms. The van der Waals surface area contributed by atoms with Gasteiger partial charge in [0.15, 0.2) is 0 Å². The summed E-state index contributed by atoms with van der Waals surface area (Å²) in [5, 5.41) is 0. The van der Waals surface area contributed by atoms with E-state index in [0.29, 0.717) is 5.92 Å². The van der Waals surface area contributed by atoms with Gasteiger partial charge in [0.1, 0.15) is 5.82 Å². The van der Waals surface area contributed by atoms with Crippen LogP contribution in [0.3, 0.4) is 0 Å². The molecular formula is C25H29N3O. The second-order valence-electron chi connectivity index (χ2n) is 8.22. The quantitative estimate of drug-likeness (QED) is 0.639. The summed E-state index contributed by atoms with van der Waals surface area (Å²) in [5.41, 5.74) is 4.40. The molecule has 0 aliphatic carbocycles. The monoisotopic (exact) mass is 387 g/mol. The third kappa shape index (κ3) is 4.58. The van der Waals surface area contributed by atoms with Gasteiger partial charge in [-0.3, -0.25) is 4.79 Å².